The number of benzene rings is 1. The lowest BCUT2D eigenvalue weighted by molar-refractivity contribution is 0.649. The van der Waals surface area contributed by atoms with Crippen LogP contribution in [0.25, 0.3) is 10.1 Å². The molecule has 2 heterocycles. The van der Waals surface area contributed by atoms with Gasteiger partial charge in [0.05, 0.1) is 12.2 Å². The van der Waals surface area contributed by atoms with E-state index in [1.807, 2.05) is 10.7 Å². The minimum Gasteiger partial charge on any atom is -0.325 e. The molecule has 0 aliphatic heterocycles. The molecule has 86 valence electrons. The first-order chi connectivity index (χ1) is 8.38. The number of thiophene rings is 1. The molecule has 0 radical (unpaired) electrons. The van der Waals surface area contributed by atoms with Crippen LogP contribution >= 0.6 is 11.3 Å². The monoisotopic (exact) mass is 243 g/mol. The van der Waals surface area contributed by atoms with Crippen LogP contribution in [0.15, 0.2) is 41.9 Å². The van der Waals surface area contributed by atoms with Crippen molar-refractivity contribution in [3.63, 3.8) is 0 Å². The van der Waals surface area contributed by atoms with Gasteiger partial charge in [0.15, 0.2) is 0 Å². The minimum atomic E-state index is 0.530. The quantitative estimate of drug-likeness (QED) is 0.768. The highest BCUT2D eigenvalue weighted by Crippen LogP contribution is 2.26. The summed E-state index contributed by atoms with van der Waals surface area (Å²) in [5.41, 5.74) is 8.06. The van der Waals surface area contributed by atoms with Crippen LogP contribution in [0.1, 0.15) is 11.3 Å². The second-order valence-electron chi connectivity index (χ2n) is 3.94. The molecule has 0 fully saturated rings. The molecule has 0 bridgehead atoms. The van der Waals surface area contributed by atoms with Gasteiger partial charge in [-0.15, -0.1) is 11.3 Å². The normalized spacial score (nSPS) is 11.1. The first-order valence-corrected chi connectivity index (χ1v) is 6.42. The van der Waals surface area contributed by atoms with E-state index < -0.39 is 0 Å². The lowest BCUT2D eigenvalue weighted by Crippen LogP contribution is -2.09. The topological polar surface area (TPSA) is 43.8 Å². The van der Waals surface area contributed by atoms with Gasteiger partial charge in [-0.05, 0) is 28.5 Å². The summed E-state index contributed by atoms with van der Waals surface area (Å²) in [6, 6.07) is 10.4. The third kappa shape index (κ3) is 1.85. The molecule has 0 amide bonds. The van der Waals surface area contributed by atoms with Gasteiger partial charge in [0.2, 0.25) is 0 Å². The summed E-state index contributed by atoms with van der Waals surface area (Å²) in [5.74, 6) is 0. The van der Waals surface area contributed by atoms with Gasteiger partial charge in [0.1, 0.15) is 0 Å². The van der Waals surface area contributed by atoms with Gasteiger partial charge in [-0.3, -0.25) is 4.68 Å². The average Bonchev–Trinajstić information content (AvgIpc) is 2.97. The molecule has 17 heavy (non-hydrogen) atoms. The van der Waals surface area contributed by atoms with Crippen molar-refractivity contribution < 1.29 is 0 Å². The van der Waals surface area contributed by atoms with Gasteiger partial charge < -0.3 is 5.73 Å². The Morgan fingerprint density at radius 3 is 3.00 bits per heavy atom. The Balaban J connectivity index is 2.00. The molecular formula is C13H13N3S. The van der Waals surface area contributed by atoms with Crippen molar-refractivity contribution in [3.05, 3.63) is 53.2 Å². The molecule has 0 aliphatic carbocycles. The minimum absolute atomic E-state index is 0.530. The largest absolute Gasteiger partial charge is 0.325 e. The molecule has 0 unspecified atom stereocenters. The van der Waals surface area contributed by atoms with E-state index in [2.05, 4.69) is 34.7 Å². The van der Waals surface area contributed by atoms with Crippen molar-refractivity contribution in [3.8, 4) is 0 Å². The summed E-state index contributed by atoms with van der Waals surface area (Å²) in [6.07, 6.45) is 1.80. The van der Waals surface area contributed by atoms with Crippen molar-refractivity contribution >= 4 is 21.4 Å². The molecule has 3 rings (SSSR count). The summed E-state index contributed by atoms with van der Waals surface area (Å²) in [5, 5.41) is 7.83. The van der Waals surface area contributed by atoms with Crippen LogP contribution in [0, 0.1) is 0 Å². The SMILES string of the molecule is NCc1ccnn1Cc1csc2ccccc12. The van der Waals surface area contributed by atoms with Crippen LogP contribution in [-0.4, -0.2) is 9.78 Å². The van der Waals surface area contributed by atoms with E-state index in [4.69, 9.17) is 5.73 Å². The molecule has 2 N–H and O–H groups in total. The van der Waals surface area contributed by atoms with Gasteiger partial charge >= 0.3 is 0 Å². The van der Waals surface area contributed by atoms with Crippen LogP contribution in [0.2, 0.25) is 0 Å². The zero-order valence-electron chi connectivity index (χ0n) is 9.34. The lowest BCUT2D eigenvalue weighted by Gasteiger charge is -2.04. The first-order valence-electron chi connectivity index (χ1n) is 5.54. The lowest BCUT2D eigenvalue weighted by atomic mass is 10.2. The smallest absolute Gasteiger partial charge is 0.0677 e. The van der Waals surface area contributed by atoms with Gasteiger partial charge in [0.25, 0.3) is 0 Å². The number of aromatic nitrogens is 2. The predicted octanol–water partition coefficient (Wildman–Crippen LogP) is 2.60. The summed E-state index contributed by atoms with van der Waals surface area (Å²) in [4.78, 5) is 0. The van der Waals surface area contributed by atoms with Gasteiger partial charge in [0, 0.05) is 17.4 Å². The van der Waals surface area contributed by atoms with Crippen molar-refractivity contribution in [1.29, 1.82) is 0 Å². The average molecular weight is 243 g/mol. The Morgan fingerprint density at radius 2 is 2.12 bits per heavy atom. The van der Waals surface area contributed by atoms with Crippen molar-refractivity contribution in [1.82, 2.24) is 9.78 Å². The zero-order chi connectivity index (χ0) is 11.7. The maximum Gasteiger partial charge on any atom is 0.0677 e. The van der Waals surface area contributed by atoms with Crippen LogP contribution in [0.5, 0.6) is 0 Å². The number of rotatable bonds is 3. The maximum absolute atomic E-state index is 5.68. The Morgan fingerprint density at radius 1 is 1.24 bits per heavy atom. The number of fused-ring (bicyclic) bond motifs is 1. The standard InChI is InChI=1S/C13H13N3S/c14-7-11-5-6-15-16(11)8-10-9-17-13-4-2-1-3-12(10)13/h1-6,9H,7-8,14H2. The van der Waals surface area contributed by atoms with E-state index in [0.29, 0.717) is 6.54 Å². The summed E-state index contributed by atoms with van der Waals surface area (Å²) in [7, 11) is 0. The molecule has 3 aromatic rings. The molecular weight excluding hydrogens is 230 g/mol. The van der Waals surface area contributed by atoms with Crippen molar-refractivity contribution in [2.45, 2.75) is 13.1 Å². The van der Waals surface area contributed by atoms with E-state index in [9.17, 15) is 0 Å². The highest BCUT2D eigenvalue weighted by atomic mass is 32.1. The summed E-state index contributed by atoms with van der Waals surface area (Å²) < 4.78 is 3.29. The maximum atomic E-state index is 5.68. The molecule has 2 aromatic heterocycles. The summed E-state index contributed by atoms with van der Waals surface area (Å²) in [6.45, 7) is 1.33. The van der Waals surface area contributed by atoms with Crippen molar-refractivity contribution in [2.24, 2.45) is 5.73 Å². The third-order valence-electron chi connectivity index (χ3n) is 2.89. The Hall–Kier alpha value is -1.65. The highest BCUT2D eigenvalue weighted by molar-refractivity contribution is 7.17. The van der Waals surface area contributed by atoms with E-state index in [1.165, 1.54) is 15.6 Å². The highest BCUT2D eigenvalue weighted by Gasteiger charge is 2.06. The molecule has 4 heteroatoms. The molecule has 0 saturated carbocycles. The fourth-order valence-corrected chi connectivity index (χ4v) is 2.95. The molecule has 0 spiro atoms. The fraction of sp³-hybridized carbons (Fsp3) is 0.154. The number of hydrogen-bond acceptors (Lipinski definition) is 3. The molecule has 0 atom stereocenters. The van der Waals surface area contributed by atoms with E-state index in [-0.39, 0.29) is 0 Å². The molecule has 0 saturated heterocycles. The second kappa shape index (κ2) is 4.31. The van der Waals surface area contributed by atoms with Gasteiger partial charge in [-0.2, -0.15) is 5.10 Å². The molecule has 0 aliphatic rings. The van der Waals surface area contributed by atoms with E-state index in [0.717, 1.165) is 12.2 Å². The van der Waals surface area contributed by atoms with Gasteiger partial charge in [-0.1, -0.05) is 18.2 Å². The third-order valence-corrected chi connectivity index (χ3v) is 3.91. The number of nitrogens with two attached hydrogens (primary N) is 1. The number of nitrogens with zero attached hydrogens (tertiary/aromatic N) is 2. The number of hydrogen-bond donors (Lipinski definition) is 1. The van der Waals surface area contributed by atoms with Crippen LogP contribution in [0.4, 0.5) is 0 Å². The first kappa shape index (κ1) is 10.5. The second-order valence-corrected chi connectivity index (χ2v) is 4.85. The fourth-order valence-electron chi connectivity index (χ4n) is 1.99. The zero-order valence-corrected chi connectivity index (χ0v) is 10.2. The Kier molecular flexibility index (Phi) is 2.66. The summed E-state index contributed by atoms with van der Waals surface area (Å²) >= 11 is 1.78. The van der Waals surface area contributed by atoms with Crippen molar-refractivity contribution in [2.75, 3.05) is 0 Å². The predicted molar refractivity (Wildman–Crippen MR) is 71.0 cm³/mol. The molecule has 3 nitrogen and oxygen atoms in total. The van der Waals surface area contributed by atoms with E-state index >= 15 is 0 Å². The van der Waals surface area contributed by atoms with Gasteiger partial charge in [-0.25, -0.2) is 0 Å². The van der Waals surface area contributed by atoms with Crippen LogP contribution < -0.4 is 5.73 Å². The Bertz CT molecular complexity index is 639. The molecule has 1 aromatic carbocycles. The van der Waals surface area contributed by atoms with Crippen LogP contribution in [-0.2, 0) is 13.1 Å². The van der Waals surface area contributed by atoms with E-state index in [1.54, 1.807) is 17.5 Å². The van der Waals surface area contributed by atoms with Crippen LogP contribution in [0.3, 0.4) is 0 Å². The Labute approximate surface area is 103 Å².